The van der Waals surface area contributed by atoms with Crippen LogP contribution in [0.4, 0.5) is 0 Å². The average molecular weight is 217 g/mol. The van der Waals surface area contributed by atoms with E-state index < -0.39 is 0 Å². The third kappa shape index (κ3) is 1.83. The first-order valence-electron chi connectivity index (χ1n) is 5.42. The van der Waals surface area contributed by atoms with E-state index in [4.69, 9.17) is 0 Å². The van der Waals surface area contributed by atoms with Gasteiger partial charge in [-0.25, -0.2) is 4.68 Å². The van der Waals surface area contributed by atoms with Gasteiger partial charge in [0.2, 0.25) is 0 Å². The SMILES string of the molecule is CC(=O)Cc1cccc2c1nnn2C(C)C. The Morgan fingerprint density at radius 1 is 1.44 bits per heavy atom. The van der Waals surface area contributed by atoms with Crippen molar-refractivity contribution in [3.8, 4) is 0 Å². The van der Waals surface area contributed by atoms with Gasteiger partial charge >= 0.3 is 0 Å². The van der Waals surface area contributed by atoms with Gasteiger partial charge in [0.05, 0.1) is 5.52 Å². The zero-order valence-electron chi connectivity index (χ0n) is 9.77. The van der Waals surface area contributed by atoms with Crippen molar-refractivity contribution in [1.82, 2.24) is 15.0 Å². The topological polar surface area (TPSA) is 47.8 Å². The van der Waals surface area contributed by atoms with Gasteiger partial charge in [-0.1, -0.05) is 17.3 Å². The summed E-state index contributed by atoms with van der Waals surface area (Å²) in [5.41, 5.74) is 2.79. The number of Topliss-reactive ketones (excluding diaryl/α,β-unsaturated/α-hetero) is 1. The highest BCUT2D eigenvalue weighted by molar-refractivity contribution is 5.85. The molecule has 1 aromatic heterocycles. The first kappa shape index (κ1) is 10.8. The summed E-state index contributed by atoms with van der Waals surface area (Å²) in [4.78, 5) is 11.1. The van der Waals surface area contributed by atoms with Gasteiger partial charge in [-0.3, -0.25) is 4.79 Å². The maximum atomic E-state index is 11.1. The van der Waals surface area contributed by atoms with Crippen molar-refractivity contribution >= 4 is 16.8 Å². The van der Waals surface area contributed by atoms with Crippen molar-refractivity contribution in [2.45, 2.75) is 33.2 Å². The lowest BCUT2D eigenvalue weighted by Gasteiger charge is -2.05. The van der Waals surface area contributed by atoms with Crippen LogP contribution in [0.5, 0.6) is 0 Å². The summed E-state index contributed by atoms with van der Waals surface area (Å²) < 4.78 is 1.87. The normalized spacial score (nSPS) is 11.2. The van der Waals surface area contributed by atoms with Gasteiger partial charge in [0.25, 0.3) is 0 Å². The van der Waals surface area contributed by atoms with Crippen LogP contribution in [0.3, 0.4) is 0 Å². The Morgan fingerprint density at radius 2 is 2.19 bits per heavy atom. The lowest BCUT2D eigenvalue weighted by molar-refractivity contribution is -0.116. The van der Waals surface area contributed by atoms with Crippen LogP contribution in [-0.4, -0.2) is 20.8 Å². The zero-order valence-corrected chi connectivity index (χ0v) is 9.77. The van der Waals surface area contributed by atoms with E-state index in [0.29, 0.717) is 6.42 Å². The fraction of sp³-hybridized carbons (Fsp3) is 0.417. The van der Waals surface area contributed by atoms with Crippen LogP contribution >= 0.6 is 0 Å². The minimum Gasteiger partial charge on any atom is -0.300 e. The van der Waals surface area contributed by atoms with E-state index in [1.165, 1.54) is 0 Å². The van der Waals surface area contributed by atoms with Gasteiger partial charge < -0.3 is 0 Å². The molecule has 84 valence electrons. The monoisotopic (exact) mass is 217 g/mol. The molecular weight excluding hydrogens is 202 g/mol. The van der Waals surface area contributed by atoms with Gasteiger partial charge in [-0.2, -0.15) is 0 Å². The van der Waals surface area contributed by atoms with Gasteiger partial charge in [-0.15, -0.1) is 5.10 Å². The molecule has 0 fully saturated rings. The second-order valence-electron chi connectivity index (χ2n) is 4.29. The molecule has 0 aliphatic rings. The largest absolute Gasteiger partial charge is 0.300 e. The highest BCUT2D eigenvalue weighted by Crippen LogP contribution is 2.19. The van der Waals surface area contributed by atoms with Gasteiger partial charge in [0.1, 0.15) is 11.3 Å². The second kappa shape index (κ2) is 4.04. The number of carbonyl (C=O) groups is 1. The van der Waals surface area contributed by atoms with E-state index in [1.54, 1.807) is 6.92 Å². The van der Waals surface area contributed by atoms with Crippen LogP contribution in [0.25, 0.3) is 11.0 Å². The van der Waals surface area contributed by atoms with E-state index >= 15 is 0 Å². The van der Waals surface area contributed by atoms with Crippen molar-refractivity contribution < 1.29 is 4.79 Å². The molecule has 0 aliphatic heterocycles. The molecule has 0 unspecified atom stereocenters. The summed E-state index contributed by atoms with van der Waals surface area (Å²) in [6.07, 6.45) is 0.425. The predicted molar refractivity (Wildman–Crippen MR) is 62.3 cm³/mol. The van der Waals surface area contributed by atoms with E-state index in [1.807, 2.05) is 22.9 Å². The highest BCUT2D eigenvalue weighted by atomic mass is 16.1. The number of nitrogens with zero attached hydrogens (tertiary/aromatic N) is 3. The first-order valence-corrected chi connectivity index (χ1v) is 5.42. The Labute approximate surface area is 94.3 Å². The molecule has 0 N–H and O–H groups in total. The van der Waals surface area contributed by atoms with Crippen molar-refractivity contribution in [3.05, 3.63) is 23.8 Å². The molecule has 0 spiro atoms. The van der Waals surface area contributed by atoms with E-state index in [9.17, 15) is 4.79 Å². The van der Waals surface area contributed by atoms with Crippen molar-refractivity contribution in [3.63, 3.8) is 0 Å². The van der Waals surface area contributed by atoms with Gasteiger partial charge in [-0.05, 0) is 32.4 Å². The Balaban J connectivity index is 2.57. The quantitative estimate of drug-likeness (QED) is 0.791. The Bertz CT molecular complexity index is 528. The van der Waals surface area contributed by atoms with Crippen LogP contribution in [0.1, 0.15) is 32.4 Å². The molecule has 2 aromatic rings. The van der Waals surface area contributed by atoms with E-state index in [0.717, 1.165) is 16.6 Å². The molecule has 1 aromatic carbocycles. The van der Waals surface area contributed by atoms with Crippen molar-refractivity contribution in [2.75, 3.05) is 0 Å². The molecule has 4 nitrogen and oxygen atoms in total. The number of benzene rings is 1. The molecule has 16 heavy (non-hydrogen) atoms. The second-order valence-corrected chi connectivity index (χ2v) is 4.29. The molecule has 0 bridgehead atoms. The number of hydrogen-bond donors (Lipinski definition) is 0. The van der Waals surface area contributed by atoms with Crippen LogP contribution in [0.2, 0.25) is 0 Å². The summed E-state index contributed by atoms with van der Waals surface area (Å²) in [6.45, 7) is 5.71. The summed E-state index contributed by atoms with van der Waals surface area (Å²) in [7, 11) is 0. The fourth-order valence-corrected chi connectivity index (χ4v) is 1.81. The first-order chi connectivity index (χ1) is 7.59. The van der Waals surface area contributed by atoms with E-state index in [-0.39, 0.29) is 11.8 Å². The Kier molecular flexibility index (Phi) is 2.73. The summed E-state index contributed by atoms with van der Waals surface area (Å²) >= 11 is 0. The summed E-state index contributed by atoms with van der Waals surface area (Å²) in [6, 6.07) is 6.14. The van der Waals surface area contributed by atoms with Crippen molar-refractivity contribution in [1.29, 1.82) is 0 Å². The third-order valence-electron chi connectivity index (χ3n) is 2.51. The van der Waals surface area contributed by atoms with Gasteiger partial charge in [0, 0.05) is 12.5 Å². The fourth-order valence-electron chi connectivity index (χ4n) is 1.81. The third-order valence-corrected chi connectivity index (χ3v) is 2.51. The summed E-state index contributed by atoms with van der Waals surface area (Å²) in [5.74, 6) is 0.145. The molecule has 4 heteroatoms. The van der Waals surface area contributed by atoms with Crippen molar-refractivity contribution in [2.24, 2.45) is 0 Å². The van der Waals surface area contributed by atoms with Gasteiger partial charge in [0.15, 0.2) is 0 Å². The van der Waals surface area contributed by atoms with Crippen LogP contribution in [-0.2, 0) is 11.2 Å². The molecule has 0 aliphatic carbocycles. The number of rotatable bonds is 3. The minimum absolute atomic E-state index is 0.145. The molecule has 0 saturated carbocycles. The van der Waals surface area contributed by atoms with E-state index in [2.05, 4.69) is 24.2 Å². The predicted octanol–water partition coefficient (Wildman–Crippen LogP) is 2.14. The smallest absolute Gasteiger partial charge is 0.134 e. The molecule has 0 amide bonds. The number of carbonyl (C=O) groups excluding carboxylic acids is 1. The number of ketones is 1. The molecule has 2 rings (SSSR count). The molecule has 0 saturated heterocycles. The molecule has 0 atom stereocenters. The molecular formula is C12H15N3O. The van der Waals surface area contributed by atoms with Crippen LogP contribution in [0, 0.1) is 0 Å². The Hall–Kier alpha value is -1.71. The maximum Gasteiger partial charge on any atom is 0.134 e. The lowest BCUT2D eigenvalue weighted by atomic mass is 10.1. The lowest BCUT2D eigenvalue weighted by Crippen LogP contribution is -2.02. The average Bonchev–Trinajstić information content (AvgIpc) is 2.61. The minimum atomic E-state index is 0.145. The molecule has 0 radical (unpaired) electrons. The standard InChI is InChI=1S/C12H15N3O/c1-8(2)15-11-6-4-5-10(7-9(3)16)12(11)13-14-15/h4-6,8H,7H2,1-3H3. The zero-order chi connectivity index (χ0) is 11.7. The number of hydrogen-bond acceptors (Lipinski definition) is 3. The number of aromatic nitrogens is 3. The van der Waals surface area contributed by atoms with Crippen LogP contribution < -0.4 is 0 Å². The number of fused-ring (bicyclic) bond motifs is 1. The summed E-state index contributed by atoms with van der Waals surface area (Å²) in [5, 5.41) is 8.27. The highest BCUT2D eigenvalue weighted by Gasteiger charge is 2.11. The maximum absolute atomic E-state index is 11.1. The molecule has 1 heterocycles. The Morgan fingerprint density at radius 3 is 2.81 bits per heavy atom. The van der Waals surface area contributed by atoms with Crippen LogP contribution in [0.15, 0.2) is 18.2 Å².